The van der Waals surface area contributed by atoms with Crippen LogP contribution in [0.2, 0.25) is 0 Å². The topological polar surface area (TPSA) is 72.3 Å². The van der Waals surface area contributed by atoms with Crippen LogP contribution in [-0.4, -0.2) is 41.1 Å². The molecule has 7 heteroatoms. The fourth-order valence-electron chi connectivity index (χ4n) is 5.18. The lowest BCUT2D eigenvalue weighted by Crippen LogP contribution is -2.26. The molecule has 0 atom stereocenters. The van der Waals surface area contributed by atoms with Crippen molar-refractivity contribution in [2.75, 3.05) is 25.1 Å². The van der Waals surface area contributed by atoms with Gasteiger partial charge in [0.2, 0.25) is 0 Å². The molecule has 1 N–H and O–H groups in total. The highest BCUT2D eigenvalue weighted by Crippen LogP contribution is 2.40. The van der Waals surface area contributed by atoms with Crippen LogP contribution >= 0.6 is 0 Å². The first-order valence-electron chi connectivity index (χ1n) is 11.8. The summed E-state index contributed by atoms with van der Waals surface area (Å²) in [5.74, 6) is 1.33. The standard InChI is InChI=1S/C27H27N5O2/c1-34-21-8-5-18(6-9-21)15-32-25-10-7-20(22-3-2-4-23(26(22)25)27(32)33)16-31-17-24(29-30-31)19-11-13-28-14-12-19/h2-10,17,19,28H,11-16H2,1H3. The molecule has 1 fully saturated rings. The van der Waals surface area contributed by atoms with Crippen molar-refractivity contribution in [2.45, 2.75) is 31.8 Å². The van der Waals surface area contributed by atoms with Crippen LogP contribution in [0, 0.1) is 0 Å². The van der Waals surface area contributed by atoms with Gasteiger partial charge in [-0.15, -0.1) is 5.10 Å². The molecule has 0 unspecified atom stereocenters. The maximum absolute atomic E-state index is 13.3. The zero-order valence-electron chi connectivity index (χ0n) is 19.2. The van der Waals surface area contributed by atoms with E-state index in [4.69, 9.17) is 4.74 Å². The lowest BCUT2D eigenvalue weighted by atomic mass is 9.95. The maximum Gasteiger partial charge on any atom is 0.259 e. The highest BCUT2D eigenvalue weighted by molar-refractivity contribution is 6.25. The molecule has 2 aliphatic heterocycles. The van der Waals surface area contributed by atoms with Gasteiger partial charge < -0.3 is 15.0 Å². The van der Waals surface area contributed by atoms with Crippen molar-refractivity contribution in [1.29, 1.82) is 0 Å². The van der Waals surface area contributed by atoms with Gasteiger partial charge in [-0.25, -0.2) is 4.68 Å². The second kappa shape index (κ2) is 8.57. The minimum Gasteiger partial charge on any atom is -0.497 e. The Bertz CT molecular complexity index is 1360. The summed E-state index contributed by atoms with van der Waals surface area (Å²) in [5, 5.41) is 14.4. The van der Waals surface area contributed by atoms with E-state index in [1.807, 2.05) is 46.0 Å². The number of nitrogens with zero attached hydrogens (tertiary/aromatic N) is 4. The van der Waals surface area contributed by atoms with Crippen molar-refractivity contribution in [1.82, 2.24) is 20.3 Å². The van der Waals surface area contributed by atoms with Gasteiger partial charge in [0.05, 0.1) is 31.6 Å². The summed E-state index contributed by atoms with van der Waals surface area (Å²) in [6.45, 7) is 3.22. The van der Waals surface area contributed by atoms with Gasteiger partial charge >= 0.3 is 0 Å². The average molecular weight is 454 g/mol. The molecule has 1 aromatic heterocycles. The number of nitrogens with one attached hydrogen (secondary N) is 1. The molecule has 0 aliphatic carbocycles. The lowest BCUT2D eigenvalue weighted by Gasteiger charge is -2.20. The highest BCUT2D eigenvalue weighted by Gasteiger charge is 2.30. The third kappa shape index (κ3) is 3.62. The van der Waals surface area contributed by atoms with Crippen LogP contribution in [0.3, 0.4) is 0 Å². The van der Waals surface area contributed by atoms with Gasteiger partial charge in [0.25, 0.3) is 5.91 Å². The van der Waals surface area contributed by atoms with Gasteiger partial charge in [-0.05, 0) is 66.7 Å². The van der Waals surface area contributed by atoms with Crippen LogP contribution in [0.4, 0.5) is 5.69 Å². The van der Waals surface area contributed by atoms with E-state index in [1.165, 1.54) is 0 Å². The Kier molecular flexibility index (Phi) is 5.26. The molecule has 172 valence electrons. The second-order valence-corrected chi connectivity index (χ2v) is 9.08. The van der Waals surface area contributed by atoms with Crippen LogP contribution in [0.15, 0.2) is 60.8 Å². The number of carbonyl (C=O) groups is 1. The molecule has 4 aromatic rings. The van der Waals surface area contributed by atoms with Crippen LogP contribution < -0.4 is 15.0 Å². The monoisotopic (exact) mass is 453 g/mol. The summed E-state index contributed by atoms with van der Waals surface area (Å²) >= 11 is 0. The normalized spacial score (nSPS) is 15.9. The predicted molar refractivity (Wildman–Crippen MR) is 131 cm³/mol. The van der Waals surface area contributed by atoms with E-state index in [2.05, 4.69) is 40.0 Å². The molecule has 0 saturated carbocycles. The van der Waals surface area contributed by atoms with Crippen molar-refractivity contribution in [3.8, 4) is 5.75 Å². The first-order chi connectivity index (χ1) is 16.7. The summed E-state index contributed by atoms with van der Waals surface area (Å²) in [6, 6.07) is 18.1. The van der Waals surface area contributed by atoms with Crippen molar-refractivity contribution < 1.29 is 9.53 Å². The third-order valence-corrected chi connectivity index (χ3v) is 7.02. The minimum atomic E-state index is 0.0440. The lowest BCUT2D eigenvalue weighted by molar-refractivity contribution is 0.0991. The number of rotatable bonds is 6. The summed E-state index contributed by atoms with van der Waals surface area (Å²) in [4.78, 5) is 15.2. The van der Waals surface area contributed by atoms with Crippen LogP contribution in [0.1, 0.15) is 45.9 Å². The van der Waals surface area contributed by atoms with Gasteiger partial charge in [-0.1, -0.05) is 35.5 Å². The fourth-order valence-corrected chi connectivity index (χ4v) is 5.18. The molecule has 1 saturated heterocycles. The molecule has 0 radical (unpaired) electrons. The molecule has 7 nitrogen and oxygen atoms in total. The van der Waals surface area contributed by atoms with Crippen molar-refractivity contribution in [3.05, 3.63) is 83.2 Å². The number of amides is 1. The van der Waals surface area contributed by atoms with E-state index in [1.54, 1.807) is 7.11 Å². The Morgan fingerprint density at radius 3 is 2.65 bits per heavy atom. The quantitative estimate of drug-likeness (QED) is 0.476. The van der Waals surface area contributed by atoms with Crippen molar-refractivity contribution in [3.63, 3.8) is 0 Å². The first-order valence-corrected chi connectivity index (χ1v) is 11.8. The molecule has 3 heterocycles. The number of anilines is 1. The largest absolute Gasteiger partial charge is 0.497 e. The molecule has 1 amide bonds. The Morgan fingerprint density at radius 1 is 1.03 bits per heavy atom. The molecule has 6 rings (SSSR count). The molecule has 0 bridgehead atoms. The zero-order chi connectivity index (χ0) is 23.1. The Labute approximate surface area is 198 Å². The summed E-state index contributed by atoms with van der Waals surface area (Å²) in [5.41, 5.74) is 5.00. The van der Waals surface area contributed by atoms with Gasteiger partial charge in [-0.3, -0.25) is 4.79 Å². The van der Waals surface area contributed by atoms with Gasteiger partial charge in [0.1, 0.15) is 5.75 Å². The third-order valence-electron chi connectivity index (χ3n) is 7.02. The van der Waals surface area contributed by atoms with Crippen LogP contribution in [0.25, 0.3) is 10.8 Å². The molecule has 0 spiro atoms. The van der Waals surface area contributed by atoms with E-state index in [0.717, 1.165) is 70.5 Å². The Hall–Kier alpha value is -3.71. The molecular formula is C27H27N5O2. The Balaban J connectivity index is 1.30. The van der Waals surface area contributed by atoms with Gasteiger partial charge in [0, 0.05) is 23.1 Å². The molecular weight excluding hydrogens is 426 g/mol. The van der Waals surface area contributed by atoms with E-state index < -0.39 is 0 Å². The number of benzene rings is 3. The highest BCUT2D eigenvalue weighted by atomic mass is 16.5. The molecule has 34 heavy (non-hydrogen) atoms. The van der Waals surface area contributed by atoms with Crippen LogP contribution in [0.5, 0.6) is 5.75 Å². The maximum atomic E-state index is 13.3. The number of piperidine rings is 1. The first kappa shape index (κ1) is 20.9. The van der Waals surface area contributed by atoms with Gasteiger partial charge in [0.15, 0.2) is 0 Å². The number of hydrogen-bond donors (Lipinski definition) is 1. The minimum absolute atomic E-state index is 0.0440. The summed E-state index contributed by atoms with van der Waals surface area (Å²) in [7, 11) is 1.65. The van der Waals surface area contributed by atoms with Crippen LogP contribution in [-0.2, 0) is 13.1 Å². The number of hydrogen-bond acceptors (Lipinski definition) is 5. The van der Waals surface area contributed by atoms with E-state index in [0.29, 0.717) is 19.0 Å². The van der Waals surface area contributed by atoms with Gasteiger partial charge in [-0.2, -0.15) is 0 Å². The number of carbonyl (C=O) groups excluding carboxylic acids is 1. The number of ether oxygens (including phenoxy) is 1. The van der Waals surface area contributed by atoms with Crippen molar-refractivity contribution in [2.24, 2.45) is 0 Å². The molecule has 2 aliphatic rings. The summed E-state index contributed by atoms with van der Waals surface area (Å²) in [6.07, 6.45) is 4.29. The Morgan fingerprint density at radius 2 is 1.85 bits per heavy atom. The zero-order valence-corrected chi connectivity index (χ0v) is 19.2. The second-order valence-electron chi connectivity index (χ2n) is 9.08. The predicted octanol–water partition coefficient (Wildman–Crippen LogP) is 4.12. The van der Waals surface area contributed by atoms with Crippen molar-refractivity contribution >= 4 is 22.4 Å². The molecule has 3 aromatic carbocycles. The number of aromatic nitrogens is 3. The van der Waals surface area contributed by atoms with E-state index in [9.17, 15) is 4.79 Å². The SMILES string of the molecule is COc1ccc(CN2C(=O)c3cccc4c(Cn5cc(C6CCNCC6)nn5)ccc2c34)cc1. The van der Waals surface area contributed by atoms with E-state index >= 15 is 0 Å². The smallest absolute Gasteiger partial charge is 0.259 e. The average Bonchev–Trinajstić information content (AvgIpc) is 3.46. The fraction of sp³-hybridized carbons (Fsp3) is 0.296. The van der Waals surface area contributed by atoms with E-state index in [-0.39, 0.29) is 5.91 Å². The number of methoxy groups -OCH3 is 1. The summed E-state index contributed by atoms with van der Waals surface area (Å²) < 4.78 is 7.18.